The summed E-state index contributed by atoms with van der Waals surface area (Å²) in [4.78, 5) is 4.35. The molecule has 8 heteroatoms. The van der Waals surface area contributed by atoms with Crippen LogP contribution in [0, 0.1) is 17.4 Å². The molecular weight excluding hydrogens is 456 g/mol. The number of aromatic nitrogens is 2. The second-order valence-electron chi connectivity index (χ2n) is 5.50. The molecule has 0 amide bonds. The molecule has 24 heavy (non-hydrogen) atoms. The number of alkyl halides is 3. The second kappa shape index (κ2) is 6.18. The predicted octanol–water partition coefficient (Wildman–Crippen LogP) is 5.87. The summed E-state index contributed by atoms with van der Waals surface area (Å²) in [5.41, 5.74) is 2.70. The third-order valence-electron chi connectivity index (χ3n) is 3.60. The molecule has 0 aliphatic rings. The standard InChI is InChI=1S/C16H11ClF3IN2O/c1-7-3-12(24-23-7)13-8(2)10-4-9(6-16(18,19)20)5-11(21)14(10)22-15(13)17/h3-5H,6H2,1-2H3. The number of rotatable bonds is 2. The molecule has 0 fully saturated rings. The Morgan fingerprint density at radius 3 is 2.50 bits per heavy atom. The van der Waals surface area contributed by atoms with Gasteiger partial charge in [-0.25, -0.2) is 4.98 Å². The molecule has 2 heterocycles. The van der Waals surface area contributed by atoms with Crippen LogP contribution >= 0.6 is 34.2 Å². The smallest absolute Gasteiger partial charge is 0.356 e. The van der Waals surface area contributed by atoms with Gasteiger partial charge in [-0.1, -0.05) is 16.8 Å². The summed E-state index contributed by atoms with van der Waals surface area (Å²) in [5.74, 6) is 0.445. The normalized spacial score (nSPS) is 12.1. The van der Waals surface area contributed by atoms with Gasteiger partial charge in [0.1, 0.15) is 5.15 Å². The number of hydrogen-bond donors (Lipinski definition) is 0. The van der Waals surface area contributed by atoms with E-state index in [1.54, 1.807) is 19.9 Å². The molecule has 3 nitrogen and oxygen atoms in total. The average Bonchev–Trinajstić information content (AvgIpc) is 2.85. The van der Waals surface area contributed by atoms with Gasteiger partial charge >= 0.3 is 6.18 Å². The Morgan fingerprint density at radius 1 is 1.21 bits per heavy atom. The number of nitrogens with zero attached hydrogens (tertiary/aromatic N) is 2. The minimum atomic E-state index is -4.27. The predicted molar refractivity (Wildman–Crippen MR) is 94.2 cm³/mol. The molecule has 0 saturated carbocycles. The van der Waals surface area contributed by atoms with Gasteiger partial charge in [0.25, 0.3) is 0 Å². The maximum Gasteiger partial charge on any atom is 0.393 e. The van der Waals surface area contributed by atoms with E-state index in [-0.39, 0.29) is 10.7 Å². The quantitative estimate of drug-likeness (QED) is 0.350. The van der Waals surface area contributed by atoms with E-state index in [1.165, 1.54) is 12.1 Å². The lowest BCUT2D eigenvalue weighted by molar-refractivity contribution is -0.127. The van der Waals surface area contributed by atoms with Crippen molar-refractivity contribution in [3.63, 3.8) is 0 Å². The maximum atomic E-state index is 12.7. The number of aryl methyl sites for hydroxylation is 2. The van der Waals surface area contributed by atoms with Crippen molar-refractivity contribution in [1.29, 1.82) is 0 Å². The van der Waals surface area contributed by atoms with Crippen LogP contribution in [-0.2, 0) is 6.42 Å². The summed E-state index contributed by atoms with van der Waals surface area (Å²) < 4.78 is 44.0. The zero-order valence-corrected chi connectivity index (χ0v) is 15.5. The first-order valence-electron chi connectivity index (χ1n) is 6.94. The summed E-state index contributed by atoms with van der Waals surface area (Å²) in [7, 11) is 0. The highest BCUT2D eigenvalue weighted by molar-refractivity contribution is 14.1. The van der Waals surface area contributed by atoms with Gasteiger partial charge in [-0.05, 0) is 59.7 Å². The second-order valence-corrected chi connectivity index (χ2v) is 7.02. The van der Waals surface area contributed by atoms with E-state index >= 15 is 0 Å². The molecule has 0 aliphatic heterocycles. The van der Waals surface area contributed by atoms with E-state index < -0.39 is 12.6 Å². The van der Waals surface area contributed by atoms with Crippen LogP contribution in [0.15, 0.2) is 22.7 Å². The zero-order chi connectivity index (χ0) is 17.6. The molecule has 0 bridgehead atoms. The third kappa shape index (κ3) is 3.37. The van der Waals surface area contributed by atoms with Crippen molar-refractivity contribution in [2.45, 2.75) is 26.4 Å². The molecule has 3 aromatic rings. The van der Waals surface area contributed by atoms with E-state index in [0.29, 0.717) is 37.1 Å². The van der Waals surface area contributed by atoms with E-state index in [1.807, 2.05) is 22.6 Å². The SMILES string of the molecule is Cc1cc(-c2c(Cl)nc3c(I)cc(CC(F)(F)F)cc3c2C)on1. The Labute approximate surface area is 154 Å². The molecule has 0 spiro atoms. The minimum Gasteiger partial charge on any atom is -0.356 e. The molecule has 126 valence electrons. The molecule has 3 rings (SSSR count). The van der Waals surface area contributed by atoms with Crippen molar-refractivity contribution in [1.82, 2.24) is 10.1 Å². The summed E-state index contributed by atoms with van der Waals surface area (Å²) in [6.45, 7) is 3.56. The number of benzene rings is 1. The largest absolute Gasteiger partial charge is 0.393 e. The van der Waals surface area contributed by atoms with E-state index in [9.17, 15) is 13.2 Å². The summed E-state index contributed by atoms with van der Waals surface area (Å²) in [6.07, 6.45) is -5.26. The van der Waals surface area contributed by atoms with Crippen LogP contribution < -0.4 is 0 Å². The first-order valence-corrected chi connectivity index (χ1v) is 8.40. The van der Waals surface area contributed by atoms with Gasteiger partial charge in [-0.2, -0.15) is 13.2 Å². The molecular formula is C16H11ClF3IN2O. The van der Waals surface area contributed by atoms with Gasteiger partial charge < -0.3 is 4.52 Å². The first-order chi connectivity index (χ1) is 11.2. The van der Waals surface area contributed by atoms with Crippen molar-refractivity contribution in [3.8, 4) is 11.3 Å². The molecule has 0 unspecified atom stereocenters. The first kappa shape index (κ1) is 17.5. The molecule has 0 aliphatic carbocycles. The number of fused-ring (bicyclic) bond motifs is 1. The van der Waals surface area contributed by atoms with Gasteiger partial charge in [-0.3, -0.25) is 0 Å². The van der Waals surface area contributed by atoms with Crippen LogP contribution in [0.1, 0.15) is 16.8 Å². The van der Waals surface area contributed by atoms with Crippen LogP contribution in [0.5, 0.6) is 0 Å². The van der Waals surface area contributed by atoms with Crippen LogP contribution in [0.2, 0.25) is 5.15 Å². The number of pyridine rings is 1. The van der Waals surface area contributed by atoms with Gasteiger partial charge in [0, 0.05) is 15.0 Å². The van der Waals surface area contributed by atoms with Crippen molar-refractivity contribution in [3.05, 3.63) is 43.7 Å². The Morgan fingerprint density at radius 2 is 1.92 bits per heavy atom. The van der Waals surface area contributed by atoms with Crippen LogP contribution in [-0.4, -0.2) is 16.3 Å². The van der Waals surface area contributed by atoms with Crippen molar-refractivity contribution in [2.24, 2.45) is 0 Å². The lowest BCUT2D eigenvalue weighted by Crippen LogP contribution is -2.11. The number of halogens is 5. The lowest BCUT2D eigenvalue weighted by Gasteiger charge is -2.13. The van der Waals surface area contributed by atoms with Crippen LogP contribution in [0.4, 0.5) is 13.2 Å². The fraction of sp³-hybridized carbons (Fsp3) is 0.250. The molecule has 0 radical (unpaired) electrons. The zero-order valence-electron chi connectivity index (χ0n) is 12.6. The number of hydrogen-bond acceptors (Lipinski definition) is 3. The van der Waals surface area contributed by atoms with Gasteiger partial charge in [0.05, 0.1) is 23.2 Å². The van der Waals surface area contributed by atoms with Crippen molar-refractivity contribution < 1.29 is 17.7 Å². The van der Waals surface area contributed by atoms with Gasteiger partial charge in [0.2, 0.25) is 0 Å². The molecule has 0 saturated heterocycles. The monoisotopic (exact) mass is 466 g/mol. The van der Waals surface area contributed by atoms with Gasteiger partial charge in [-0.15, -0.1) is 0 Å². The Hall–Kier alpha value is -1.35. The van der Waals surface area contributed by atoms with Crippen molar-refractivity contribution in [2.75, 3.05) is 0 Å². The van der Waals surface area contributed by atoms with E-state index in [2.05, 4.69) is 10.1 Å². The highest BCUT2D eigenvalue weighted by Gasteiger charge is 2.28. The fourth-order valence-corrected chi connectivity index (χ4v) is 3.73. The molecule has 1 aromatic carbocycles. The minimum absolute atomic E-state index is 0.186. The topological polar surface area (TPSA) is 38.9 Å². The molecule has 2 aromatic heterocycles. The summed E-state index contributed by atoms with van der Waals surface area (Å²) in [5, 5.41) is 4.68. The molecule has 0 atom stereocenters. The lowest BCUT2D eigenvalue weighted by atomic mass is 10.00. The average molecular weight is 467 g/mol. The van der Waals surface area contributed by atoms with Gasteiger partial charge in [0.15, 0.2) is 5.76 Å². The Bertz CT molecular complexity index is 937. The highest BCUT2D eigenvalue weighted by Crippen LogP contribution is 2.37. The maximum absolute atomic E-state index is 12.7. The Kier molecular flexibility index (Phi) is 4.50. The summed E-state index contributed by atoms with van der Waals surface area (Å²) in [6, 6.07) is 4.71. The highest BCUT2D eigenvalue weighted by atomic mass is 127. The fourth-order valence-electron chi connectivity index (χ4n) is 2.60. The van der Waals surface area contributed by atoms with Crippen LogP contribution in [0.25, 0.3) is 22.2 Å². The summed E-state index contributed by atoms with van der Waals surface area (Å²) >= 11 is 8.26. The van der Waals surface area contributed by atoms with E-state index in [4.69, 9.17) is 16.1 Å². The third-order valence-corrected chi connectivity index (χ3v) is 4.69. The van der Waals surface area contributed by atoms with Crippen molar-refractivity contribution >= 4 is 45.1 Å². The molecule has 0 N–H and O–H groups in total. The van der Waals surface area contributed by atoms with Crippen LogP contribution in [0.3, 0.4) is 0 Å². The van der Waals surface area contributed by atoms with E-state index in [0.717, 1.165) is 0 Å². The Balaban J connectivity index is 2.26.